The molecule has 1 aromatic rings. The summed E-state index contributed by atoms with van der Waals surface area (Å²) < 4.78 is 0. The first-order valence-electron chi connectivity index (χ1n) is 5.47. The van der Waals surface area contributed by atoms with E-state index in [1.54, 1.807) is 0 Å². The predicted octanol–water partition coefficient (Wildman–Crippen LogP) is 1.23. The molecule has 0 aliphatic carbocycles. The highest BCUT2D eigenvalue weighted by molar-refractivity contribution is 5.77. The lowest BCUT2D eigenvalue weighted by molar-refractivity contribution is -0.120. The van der Waals surface area contributed by atoms with Gasteiger partial charge in [0.05, 0.1) is 11.4 Å². The van der Waals surface area contributed by atoms with Crippen LogP contribution in [0.2, 0.25) is 0 Å². The number of nitrogens with two attached hydrogens (primary N) is 1. The Hall–Kier alpha value is -1.71. The molecule has 0 saturated heterocycles. The number of hydrogen-bond acceptors (Lipinski definition) is 3. The lowest BCUT2D eigenvalue weighted by Gasteiger charge is -2.20. The maximum atomic E-state index is 11.3. The van der Waals surface area contributed by atoms with Crippen LogP contribution in [-0.4, -0.2) is 26.0 Å². The molecule has 4 heteroatoms. The first-order chi connectivity index (χ1) is 7.65. The minimum atomic E-state index is 0.0730. The molecule has 16 heavy (non-hydrogen) atoms. The molecule has 0 atom stereocenters. The Bertz CT molecular complexity index is 352. The van der Waals surface area contributed by atoms with Crippen molar-refractivity contribution < 1.29 is 4.79 Å². The third-order valence-electron chi connectivity index (χ3n) is 2.40. The van der Waals surface area contributed by atoms with Gasteiger partial charge < -0.3 is 16.0 Å². The molecule has 0 aliphatic rings. The minimum Gasteiger partial charge on any atom is -0.397 e. The van der Waals surface area contributed by atoms with Crippen molar-refractivity contribution in [3.05, 3.63) is 24.3 Å². The highest BCUT2D eigenvalue weighted by atomic mass is 16.1. The van der Waals surface area contributed by atoms with Crippen LogP contribution in [0.4, 0.5) is 11.4 Å². The zero-order valence-corrected chi connectivity index (χ0v) is 9.86. The molecule has 88 valence electrons. The quantitative estimate of drug-likeness (QED) is 0.735. The van der Waals surface area contributed by atoms with E-state index in [9.17, 15) is 4.79 Å². The summed E-state index contributed by atoms with van der Waals surface area (Å²) in [5.41, 5.74) is 7.55. The molecule has 0 radical (unpaired) electrons. The van der Waals surface area contributed by atoms with Gasteiger partial charge in [0, 0.05) is 26.6 Å². The second-order valence-corrected chi connectivity index (χ2v) is 3.68. The van der Waals surface area contributed by atoms with Crippen molar-refractivity contribution in [3.63, 3.8) is 0 Å². The average Bonchev–Trinajstić information content (AvgIpc) is 2.27. The van der Waals surface area contributed by atoms with Gasteiger partial charge in [-0.15, -0.1) is 0 Å². The van der Waals surface area contributed by atoms with Gasteiger partial charge in [-0.3, -0.25) is 4.79 Å². The van der Waals surface area contributed by atoms with Gasteiger partial charge in [-0.05, 0) is 19.1 Å². The van der Waals surface area contributed by atoms with Gasteiger partial charge in [0.15, 0.2) is 0 Å². The molecule has 1 rings (SSSR count). The van der Waals surface area contributed by atoms with Crippen LogP contribution in [-0.2, 0) is 4.79 Å². The number of carbonyl (C=O) groups is 1. The van der Waals surface area contributed by atoms with Crippen LogP contribution in [0.1, 0.15) is 13.3 Å². The van der Waals surface area contributed by atoms with Crippen molar-refractivity contribution in [1.29, 1.82) is 0 Å². The van der Waals surface area contributed by atoms with Gasteiger partial charge in [-0.2, -0.15) is 0 Å². The van der Waals surface area contributed by atoms with E-state index < -0.39 is 0 Å². The third-order valence-corrected chi connectivity index (χ3v) is 2.40. The van der Waals surface area contributed by atoms with Gasteiger partial charge in [0.25, 0.3) is 0 Å². The predicted molar refractivity (Wildman–Crippen MR) is 67.4 cm³/mol. The fourth-order valence-electron chi connectivity index (χ4n) is 1.51. The van der Waals surface area contributed by atoms with Gasteiger partial charge in [0.1, 0.15) is 0 Å². The van der Waals surface area contributed by atoms with E-state index in [1.165, 1.54) is 0 Å². The Morgan fingerprint density at radius 1 is 1.44 bits per heavy atom. The molecule has 0 bridgehead atoms. The number of anilines is 2. The maximum absolute atomic E-state index is 11.3. The van der Waals surface area contributed by atoms with Gasteiger partial charge in [-0.25, -0.2) is 0 Å². The molecule has 1 aromatic carbocycles. The largest absolute Gasteiger partial charge is 0.397 e. The van der Waals surface area contributed by atoms with E-state index in [4.69, 9.17) is 5.73 Å². The van der Waals surface area contributed by atoms with Crippen molar-refractivity contribution in [3.8, 4) is 0 Å². The molecule has 0 spiro atoms. The van der Waals surface area contributed by atoms with Crippen LogP contribution >= 0.6 is 0 Å². The number of nitrogens with zero attached hydrogens (tertiary/aromatic N) is 1. The lowest BCUT2D eigenvalue weighted by Crippen LogP contribution is -2.28. The molecular weight excluding hydrogens is 202 g/mol. The summed E-state index contributed by atoms with van der Waals surface area (Å²) in [4.78, 5) is 13.3. The molecule has 4 nitrogen and oxygen atoms in total. The molecule has 0 unspecified atom stereocenters. The van der Waals surface area contributed by atoms with Crippen molar-refractivity contribution in [2.24, 2.45) is 0 Å². The van der Waals surface area contributed by atoms with Gasteiger partial charge in [-0.1, -0.05) is 12.1 Å². The van der Waals surface area contributed by atoms with Crippen molar-refractivity contribution >= 4 is 17.3 Å². The number of para-hydroxylation sites is 2. The summed E-state index contributed by atoms with van der Waals surface area (Å²) in [6.45, 7) is 3.26. The molecule has 3 N–H and O–H groups in total. The Kier molecular flexibility index (Phi) is 4.64. The SMILES string of the molecule is CCNC(=O)CCN(C)c1ccccc1N. The fourth-order valence-corrected chi connectivity index (χ4v) is 1.51. The van der Waals surface area contributed by atoms with Crippen LogP contribution in [0.25, 0.3) is 0 Å². The van der Waals surface area contributed by atoms with Crippen molar-refractivity contribution in [2.75, 3.05) is 30.8 Å². The second kappa shape index (κ2) is 6.00. The molecule has 1 amide bonds. The van der Waals surface area contributed by atoms with E-state index in [0.717, 1.165) is 11.4 Å². The second-order valence-electron chi connectivity index (χ2n) is 3.68. The lowest BCUT2D eigenvalue weighted by atomic mass is 10.2. The molecule has 0 aliphatic heterocycles. The van der Waals surface area contributed by atoms with Gasteiger partial charge in [0.2, 0.25) is 5.91 Å². The molecular formula is C12H19N3O. The maximum Gasteiger partial charge on any atom is 0.221 e. The van der Waals surface area contributed by atoms with Crippen LogP contribution in [0.3, 0.4) is 0 Å². The topological polar surface area (TPSA) is 58.4 Å². The van der Waals surface area contributed by atoms with E-state index in [0.29, 0.717) is 19.5 Å². The normalized spacial score (nSPS) is 9.88. The summed E-state index contributed by atoms with van der Waals surface area (Å²) in [6, 6.07) is 7.65. The van der Waals surface area contributed by atoms with Crippen LogP contribution in [0.5, 0.6) is 0 Å². The zero-order chi connectivity index (χ0) is 12.0. The monoisotopic (exact) mass is 221 g/mol. The van der Waals surface area contributed by atoms with Crippen molar-refractivity contribution in [2.45, 2.75) is 13.3 Å². The van der Waals surface area contributed by atoms with E-state index in [1.807, 2.05) is 43.1 Å². The standard InChI is InChI=1S/C12H19N3O/c1-3-14-12(16)8-9-15(2)11-7-5-4-6-10(11)13/h4-7H,3,8-9,13H2,1-2H3,(H,14,16). The van der Waals surface area contributed by atoms with E-state index in [-0.39, 0.29) is 5.91 Å². The fraction of sp³-hybridized carbons (Fsp3) is 0.417. The van der Waals surface area contributed by atoms with Crippen LogP contribution in [0, 0.1) is 0 Å². The Morgan fingerprint density at radius 3 is 2.75 bits per heavy atom. The number of hydrogen-bond donors (Lipinski definition) is 2. The molecule has 0 aromatic heterocycles. The van der Waals surface area contributed by atoms with E-state index >= 15 is 0 Å². The smallest absolute Gasteiger partial charge is 0.221 e. The first-order valence-corrected chi connectivity index (χ1v) is 5.47. The number of nitrogen functional groups attached to an aromatic ring is 1. The summed E-state index contributed by atoms with van der Waals surface area (Å²) in [6.07, 6.45) is 0.485. The Labute approximate surface area is 96.4 Å². The average molecular weight is 221 g/mol. The van der Waals surface area contributed by atoms with Crippen LogP contribution < -0.4 is 16.0 Å². The van der Waals surface area contributed by atoms with Crippen molar-refractivity contribution in [1.82, 2.24) is 5.32 Å². The van der Waals surface area contributed by atoms with Crippen LogP contribution in [0.15, 0.2) is 24.3 Å². The highest BCUT2D eigenvalue weighted by Gasteiger charge is 2.06. The Balaban J connectivity index is 2.50. The summed E-state index contributed by atoms with van der Waals surface area (Å²) in [7, 11) is 1.94. The minimum absolute atomic E-state index is 0.0730. The number of nitrogens with one attached hydrogen (secondary N) is 1. The number of benzene rings is 1. The molecule has 0 fully saturated rings. The number of amides is 1. The number of rotatable bonds is 5. The van der Waals surface area contributed by atoms with Gasteiger partial charge >= 0.3 is 0 Å². The summed E-state index contributed by atoms with van der Waals surface area (Å²) in [5.74, 6) is 0.0730. The third kappa shape index (κ3) is 3.46. The first kappa shape index (κ1) is 12.4. The number of carbonyl (C=O) groups excluding carboxylic acids is 1. The Morgan fingerprint density at radius 2 is 2.12 bits per heavy atom. The molecule has 0 heterocycles. The summed E-state index contributed by atoms with van der Waals surface area (Å²) >= 11 is 0. The molecule has 0 saturated carbocycles. The summed E-state index contributed by atoms with van der Waals surface area (Å²) in [5, 5.41) is 2.77. The highest BCUT2D eigenvalue weighted by Crippen LogP contribution is 2.20. The van der Waals surface area contributed by atoms with E-state index in [2.05, 4.69) is 5.32 Å². The zero-order valence-electron chi connectivity index (χ0n) is 9.86.